The van der Waals surface area contributed by atoms with E-state index in [0.717, 1.165) is 5.56 Å². The van der Waals surface area contributed by atoms with Gasteiger partial charge in [-0.05, 0) is 18.6 Å². The number of rotatable bonds is 5. The number of benzene rings is 1. The van der Waals surface area contributed by atoms with E-state index in [2.05, 4.69) is 9.72 Å². The fraction of sp³-hybridized carbons (Fsp3) is 0.350. The zero-order valence-electron chi connectivity index (χ0n) is 16.1. The van der Waals surface area contributed by atoms with Crippen molar-refractivity contribution in [2.45, 2.75) is 18.8 Å². The van der Waals surface area contributed by atoms with Gasteiger partial charge in [-0.25, -0.2) is 4.79 Å². The fourth-order valence-electron chi connectivity index (χ4n) is 3.56. The van der Waals surface area contributed by atoms with Crippen LogP contribution in [0.15, 0.2) is 23.0 Å². The molecule has 0 saturated carbocycles. The van der Waals surface area contributed by atoms with Crippen molar-refractivity contribution in [1.82, 2.24) is 4.98 Å². The molecule has 0 unspecified atom stereocenters. The van der Waals surface area contributed by atoms with E-state index in [1.807, 2.05) is 6.07 Å². The topological polar surface area (TPSA) is 104 Å². The van der Waals surface area contributed by atoms with Gasteiger partial charge < -0.3 is 23.9 Å². The average molecular weight is 387 g/mol. The van der Waals surface area contributed by atoms with E-state index in [9.17, 15) is 14.4 Å². The Balaban J connectivity index is 2.06. The molecule has 1 aromatic heterocycles. The number of nitrogens with one attached hydrogen (secondary N) is 1. The Morgan fingerprint density at radius 2 is 1.71 bits per heavy atom. The molecule has 1 heterocycles. The van der Waals surface area contributed by atoms with Gasteiger partial charge in [-0.15, -0.1) is 0 Å². The highest BCUT2D eigenvalue weighted by atomic mass is 16.5. The van der Waals surface area contributed by atoms with Crippen LogP contribution in [0.3, 0.4) is 0 Å². The van der Waals surface area contributed by atoms with Crippen LogP contribution in [0.25, 0.3) is 0 Å². The molecule has 1 aromatic carbocycles. The number of aromatic nitrogens is 1. The predicted molar refractivity (Wildman–Crippen MR) is 99.9 cm³/mol. The van der Waals surface area contributed by atoms with E-state index in [4.69, 9.17) is 14.2 Å². The molecule has 0 fully saturated rings. The van der Waals surface area contributed by atoms with Crippen molar-refractivity contribution >= 4 is 11.8 Å². The van der Waals surface area contributed by atoms with E-state index >= 15 is 0 Å². The molecule has 3 rings (SSSR count). The Hall–Kier alpha value is -3.29. The van der Waals surface area contributed by atoms with Gasteiger partial charge >= 0.3 is 5.97 Å². The first kappa shape index (κ1) is 19.5. The third-order valence-electron chi connectivity index (χ3n) is 4.89. The van der Waals surface area contributed by atoms with Crippen LogP contribution in [0.1, 0.15) is 44.3 Å². The van der Waals surface area contributed by atoms with Crippen molar-refractivity contribution < 1.29 is 28.5 Å². The van der Waals surface area contributed by atoms with Gasteiger partial charge in [0.2, 0.25) is 5.75 Å². The van der Waals surface area contributed by atoms with Crippen LogP contribution in [-0.4, -0.2) is 45.2 Å². The van der Waals surface area contributed by atoms with Gasteiger partial charge in [-0.3, -0.25) is 9.59 Å². The van der Waals surface area contributed by atoms with Crippen LogP contribution >= 0.6 is 0 Å². The second kappa shape index (κ2) is 7.75. The van der Waals surface area contributed by atoms with Crippen molar-refractivity contribution in [1.29, 1.82) is 0 Å². The SMILES string of the molecule is COC(=O)c1cc2c([nH]c1=O)C[C@H](c1ccc(OC)c(OC)c1OC)CC2=O. The Kier molecular flexibility index (Phi) is 5.39. The molecule has 1 N–H and O–H groups in total. The summed E-state index contributed by atoms with van der Waals surface area (Å²) in [6, 6.07) is 4.88. The van der Waals surface area contributed by atoms with E-state index in [1.54, 1.807) is 6.07 Å². The Morgan fingerprint density at radius 3 is 2.32 bits per heavy atom. The first-order valence-electron chi connectivity index (χ1n) is 8.61. The number of carbonyl (C=O) groups excluding carboxylic acids is 2. The molecule has 0 saturated heterocycles. The summed E-state index contributed by atoms with van der Waals surface area (Å²) in [4.78, 5) is 39.4. The zero-order chi connectivity index (χ0) is 20.4. The maximum atomic E-state index is 12.7. The summed E-state index contributed by atoms with van der Waals surface area (Å²) in [5.41, 5.74) is 0.818. The Labute approximate surface area is 161 Å². The first-order valence-corrected chi connectivity index (χ1v) is 8.61. The minimum Gasteiger partial charge on any atom is -0.493 e. The lowest BCUT2D eigenvalue weighted by atomic mass is 9.81. The Bertz CT molecular complexity index is 993. The van der Waals surface area contributed by atoms with Crippen LogP contribution in [-0.2, 0) is 11.2 Å². The van der Waals surface area contributed by atoms with Crippen molar-refractivity contribution in [2.24, 2.45) is 0 Å². The molecule has 0 amide bonds. The minimum atomic E-state index is -0.777. The van der Waals surface area contributed by atoms with Gasteiger partial charge in [0.1, 0.15) is 5.56 Å². The predicted octanol–water partition coefficient (Wildman–Crippen LogP) is 2.10. The Morgan fingerprint density at radius 1 is 1.00 bits per heavy atom. The fourth-order valence-corrected chi connectivity index (χ4v) is 3.56. The zero-order valence-corrected chi connectivity index (χ0v) is 16.1. The third-order valence-corrected chi connectivity index (χ3v) is 4.89. The smallest absolute Gasteiger partial charge is 0.343 e. The quantitative estimate of drug-likeness (QED) is 0.784. The average Bonchev–Trinajstić information content (AvgIpc) is 2.71. The molecule has 0 radical (unpaired) electrons. The van der Waals surface area contributed by atoms with Crippen molar-refractivity contribution in [3.63, 3.8) is 0 Å². The molecular weight excluding hydrogens is 366 g/mol. The molecule has 0 aliphatic heterocycles. The number of esters is 1. The first-order chi connectivity index (χ1) is 13.4. The number of hydrogen-bond acceptors (Lipinski definition) is 7. The number of ether oxygens (including phenoxy) is 4. The molecule has 1 atom stereocenters. The summed E-state index contributed by atoms with van der Waals surface area (Å²) < 4.78 is 20.8. The summed E-state index contributed by atoms with van der Waals surface area (Å²) in [6.07, 6.45) is 0.606. The number of Topliss-reactive ketones (excluding diaryl/α,β-unsaturated/α-hetero) is 1. The van der Waals surface area contributed by atoms with Crippen molar-refractivity contribution in [3.05, 3.63) is 50.9 Å². The van der Waals surface area contributed by atoms with Crippen LogP contribution in [0.2, 0.25) is 0 Å². The van der Waals surface area contributed by atoms with Gasteiger partial charge in [0.05, 0.1) is 28.4 Å². The van der Waals surface area contributed by atoms with E-state index in [-0.39, 0.29) is 23.7 Å². The molecule has 28 heavy (non-hydrogen) atoms. The van der Waals surface area contributed by atoms with Gasteiger partial charge in [0.25, 0.3) is 5.56 Å². The lowest BCUT2D eigenvalue weighted by Gasteiger charge is -2.26. The highest BCUT2D eigenvalue weighted by molar-refractivity contribution is 6.01. The van der Waals surface area contributed by atoms with Crippen LogP contribution < -0.4 is 19.8 Å². The monoisotopic (exact) mass is 387 g/mol. The minimum absolute atomic E-state index is 0.176. The van der Waals surface area contributed by atoms with Crippen molar-refractivity contribution in [2.75, 3.05) is 28.4 Å². The molecule has 2 aromatic rings. The number of ketones is 1. The van der Waals surface area contributed by atoms with Gasteiger partial charge in [-0.1, -0.05) is 6.07 Å². The highest BCUT2D eigenvalue weighted by Crippen LogP contribution is 2.45. The standard InChI is InChI=1S/C20H21NO7/c1-25-16-6-5-11(17(26-2)18(16)27-3)10-7-14-12(15(22)8-10)9-13(19(23)21-14)20(24)28-4/h5-6,9-10H,7-8H2,1-4H3,(H,21,23)/t10-/m0/s1. The van der Waals surface area contributed by atoms with Crippen molar-refractivity contribution in [3.8, 4) is 17.2 Å². The van der Waals surface area contributed by atoms with E-state index < -0.39 is 11.5 Å². The second-order valence-electron chi connectivity index (χ2n) is 6.35. The third kappa shape index (κ3) is 3.21. The molecule has 1 aliphatic rings. The molecule has 8 heteroatoms. The number of pyridine rings is 1. The number of H-pyrrole nitrogens is 1. The molecule has 8 nitrogen and oxygen atoms in total. The molecule has 148 valence electrons. The maximum Gasteiger partial charge on any atom is 0.343 e. The van der Waals surface area contributed by atoms with Gasteiger partial charge in [-0.2, -0.15) is 0 Å². The summed E-state index contributed by atoms with van der Waals surface area (Å²) in [6.45, 7) is 0. The molecular formula is C20H21NO7. The van der Waals surface area contributed by atoms with Crippen LogP contribution in [0, 0.1) is 0 Å². The van der Waals surface area contributed by atoms with Crippen LogP contribution in [0.5, 0.6) is 17.2 Å². The van der Waals surface area contributed by atoms with Gasteiger partial charge in [0, 0.05) is 29.2 Å². The number of carbonyl (C=O) groups is 2. The summed E-state index contributed by atoms with van der Waals surface area (Å²) in [7, 11) is 5.74. The van der Waals surface area contributed by atoms with E-state index in [1.165, 1.54) is 34.5 Å². The maximum absolute atomic E-state index is 12.7. The normalized spacial score (nSPS) is 15.6. The number of methoxy groups -OCH3 is 4. The molecule has 0 bridgehead atoms. The summed E-state index contributed by atoms with van der Waals surface area (Å²) in [5.74, 6) is 0.257. The molecule has 1 aliphatic carbocycles. The number of hydrogen-bond donors (Lipinski definition) is 1. The second-order valence-corrected chi connectivity index (χ2v) is 6.35. The lowest BCUT2D eigenvalue weighted by molar-refractivity contribution is 0.0598. The van der Waals surface area contributed by atoms with E-state index in [0.29, 0.717) is 34.9 Å². The van der Waals surface area contributed by atoms with Crippen LogP contribution in [0.4, 0.5) is 0 Å². The lowest BCUT2D eigenvalue weighted by Crippen LogP contribution is -2.27. The summed E-state index contributed by atoms with van der Waals surface area (Å²) >= 11 is 0. The number of fused-ring (bicyclic) bond motifs is 1. The largest absolute Gasteiger partial charge is 0.493 e. The molecule has 0 spiro atoms. The number of aromatic amines is 1. The highest BCUT2D eigenvalue weighted by Gasteiger charge is 2.32. The van der Waals surface area contributed by atoms with Gasteiger partial charge in [0.15, 0.2) is 17.3 Å². The summed E-state index contributed by atoms with van der Waals surface area (Å²) in [5, 5.41) is 0.